The van der Waals surface area contributed by atoms with E-state index in [1.165, 1.54) is 32.1 Å². The summed E-state index contributed by atoms with van der Waals surface area (Å²) >= 11 is 0. The van der Waals surface area contributed by atoms with Crippen molar-refractivity contribution in [1.29, 1.82) is 0 Å². The first-order valence-electron chi connectivity index (χ1n) is 6.89. The minimum atomic E-state index is 0.501. The number of hydrogen-bond donors (Lipinski definition) is 1. The lowest BCUT2D eigenvalue weighted by molar-refractivity contribution is 0.150. The Labute approximate surface area is 100 Å². The lowest BCUT2D eigenvalue weighted by atomic mass is 9.71. The van der Waals surface area contributed by atoms with Gasteiger partial charge in [0.25, 0.3) is 0 Å². The molecule has 1 aliphatic heterocycles. The summed E-state index contributed by atoms with van der Waals surface area (Å²) in [6.07, 6.45) is 6.72. The van der Waals surface area contributed by atoms with Crippen LogP contribution in [-0.2, 0) is 4.74 Å². The topological polar surface area (TPSA) is 21.3 Å². The van der Waals surface area contributed by atoms with E-state index in [2.05, 4.69) is 26.1 Å². The quantitative estimate of drug-likeness (QED) is 0.780. The van der Waals surface area contributed by atoms with Crippen molar-refractivity contribution in [2.75, 3.05) is 13.2 Å². The molecule has 2 rings (SSSR count). The zero-order chi connectivity index (χ0) is 11.6. The SMILES string of the molecule is CC(C)(C)C1CCC(NC2CCOC2)CC1. The Kier molecular flexibility index (Phi) is 3.91. The molecule has 2 fully saturated rings. The van der Waals surface area contributed by atoms with Crippen molar-refractivity contribution < 1.29 is 4.74 Å². The van der Waals surface area contributed by atoms with Gasteiger partial charge in [0, 0.05) is 18.7 Å². The van der Waals surface area contributed by atoms with Crippen LogP contribution in [0.15, 0.2) is 0 Å². The zero-order valence-corrected chi connectivity index (χ0v) is 11.1. The Morgan fingerprint density at radius 1 is 0.938 bits per heavy atom. The van der Waals surface area contributed by atoms with Gasteiger partial charge in [-0.1, -0.05) is 20.8 Å². The smallest absolute Gasteiger partial charge is 0.0620 e. The minimum absolute atomic E-state index is 0.501. The maximum atomic E-state index is 5.41. The molecular formula is C14H27NO. The van der Waals surface area contributed by atoms with Crippen LogP contribution in [0.5, 0.6) is 0 Å². The Hall–Kier alpha value is -0.0800. The molecule has 2 heteroatoms. The molecule has 0 bridgehead atoms. The van der Waals surface area contributed by atoms with Crippen molar-refractivity contribution in [3.05, 3.63) is 0 Å². The van der Waals surface area contributed by atoms with Crippen molar-refractivity contribution in [2.24, 2.45) is 11.3 Å². The van der Waals surface area contributed by atoms with Gasteiger partial charge >= 0.3 is 0 Å². The normalized spacial score (nSPS) is 36.6. The van der Waals surface area contributed by atoms with Crippen LogP contribution in [-0.4, -0.2) is 25.3 Å². The minimum Gasteiger partial charge on any atom is -0.380 e. The molecule has 0 amide bonds. The fourth-order valence-corrected chi connectivity index (χ4v) is 3.13. The molecule has 0 radical (unpaired) electrons. The Morgan fingerprint density at radius 2 is 1.62 bits per heavy atom. The van der Waals surface area contributed by atoms with E-state index in [4.69, 9.17) is 4.74 Å². The third-order valence-corrected chi connectivity index (χ3v) is 4.35. The second-order valence-corrected chi connectivity index (χ2v) is 6.64. The molecule has 0 spiro atoms. The van der Waals surface area contributed by atoms with E-state index in [9.17, 15) is 0 Å². The van der Waals surface area contributed by atoms with E-state index in [1.54, 1.807) is 0 Å². The molecule has 1 saturated heterocycles. The summed E-state index contributed by atoms with van der Waals surface area (Å²) < 4.78 is 5.41. The van der Waals surface area contributed by atoms with Crippen LogP contribution in [0.2, 0.25) is 0 Å². The summed E-state index contributed by atoms with van der Waals surface area (Å²) in [7, 11) is 0. The molecule has 1 unspecified atom stereocenters. The predicted octanol–water partition coefficient (Wildman–Crippen LogP) is 2.97. The molecule has 16 heavy (non-hydrogen) atoms. The molecule has 1 N–H and O–H groups in total. The first-order chi connectivity index (χ1) is 7.55. The monoisotopic (exact) mass is 225 g/mol. The van der Waals surface area contributed by atoms with Crippen LogP contribution in [0, 0.1) is 11.3 Å². The highest BCUT2D eigenvalue weighted by molar-refractivity contribution is 4.85. The van der Waals surface area contributed by atoms with Crippen LogP contribution >= 0.6 is 0 Å². The van der Waals surface area contributed by atoms with Gasteiger partial charge in [-0.15, -0.1) is 0 Å². The number of ether oxygens (including phenoxy) is 1. The van der Waals surface area contributed by atoms with Gasteiger partial charge in [0.1, 0.15) is 0 Å². The first kappa shape index (κ1) is 12.4. The second kappa shape index (κ2) is 5.05. The van der Waals surface area contributed by atoms with E-state index in [0.717, 1.165) is 25.2 Å². The maximum absolute atomic E-state index is 5.41. The van der Waals surface area contributed by atoms with Crippen molar-refractivity contribution in [1.82, 2.24) is 5.32 Å². The molecule has 2 aliphatic rings. The largest absolute Gasteiger partial charge is 0.380 e. The highest BCUT2D eigenvalue weighted by Crippen LogP contribution is 2.37. The van der Waals surface area contributed by atoms with E-state index in [0.29, 0.717) is 11.5 Å². The molecule has 1 atom stereocenters. The Morgan fingerprint density at radius 3 is 2.12 bits per heavy atom. The predicted molar refractivity (Wildman–Crippen MR) is 67.6 cm³/mol. The van der Waals surface area contributed by atoms with Crippen LogP contribution in [0.25, 0.3) is 0 Å². The molecular weight excluding hydrogens is 198 g/mol. The lowest BCUT2D eigenvalue weighted by Crippen LogP contribution is -2.42. The molecule has 0 aromatic heterocycles. The number of rotatable bonds is 2. The third-order valence-electron chi connectivity index (χ3n) is 4.35. The zero-order valence-electron chi connectivity index (χ0n) is 11.1. The summed E-state index contributed by atoms with van der Waals surface area (Å²) in [5.41, 5.74) is 0.501. The van der Waals surface area contributed by atoms with Crippen molar-refractivity contribution >= 4 is 0 Å². The van der Waals surface area contributed by atoms with Gasteiger partial charge in [0.05, 0.1) is 6.61 Å². The summed E-state index contributed by atoms with van der Waals surface area (Å²) in [4.78, 5) is 0. The fraction of sp³-hybridized carbons (Fsp3) is 1.00. The first-order valence-corrected chi connectivity index (χ1v) is 6.89. The molecule has 0 aromatic carbocycles. The average molecular weight is 225 g/mol. The molecule has 1 saturated carbocycles. The van der Waals surface area contributed by atoms with Crippen molar-refractivity contribution in [2.45, 2.75) is 65.0 Å². The van der Waals surface area contributed by atoms with E-state index >= 15 is 0 Å². The standard InChI is InChI=1S/C14H27NO/c1-14(2,3)11-4-6-12(7-5-11)15-13-8-9-16-10-13/h11-13,15H,4-10H2,1-3H3. The highest BCUT2D eigenvalue weighted by atomic mass is 16.5. The highest BCUT2D eigenvalue weighted by Gasteiger charge is 2.30. The molecule has 2 nitrogen and oxygen atoms in total. The molecule has 0 aromatic rings. The van der Waals surface area contributed by atoms with Gasteiger partial charge in [-0.05, 0) is 43.4 Å². The van der Waals surface area contributed by atoms with Gasteiger partial charge < -0.3 is 10.1 Å². The van der Waals surface area contributed by atoms with Gasteiger partial charge in [-0.3, -0.25) is 0 Å². The summed E-state index contributed by atoms with van der Waals surface area (Å²) in [6, 6.07) is 1.39. The van der Waals surface area contributed by atoms with E-state index < -0.39 is 0 Å². The van der Waals surface area contributed by atoms with Gasteiger partial charge in [0.15, 0.2) is 0 Å². The van der Waals surface area contributed by atoms with Crippen LogP contribution in [0.3, 0.4) is 0 Å². The molecule has 1 heterocycles. The second-order valence-electron chi connectivity index (χ2n) is 6.64. The fourth-order valence-electron chi connectivity index (χ4n) is 3.13. The average Bonchev–Trinajstić information content (AvgIpc) is 2.70. The number of hydrogen-bond acceptors (Lipinski definition) is 2. The van der Waals surface area contributed by atoms with E-state index in [1.807, 2.05) is 0 Å². The van der Waals surface area contributed by atoms with Gasteiger partial charge in [0.2, 0.25) is 0 Å². The molecule has 94 valence electrons. The van der Waals surface area contributed by atoms with Gasteiger partial charge in [-0.2, -0.15) is 0 Å². The summed E-state index contributed by atoms with van der Waals surface area (Å²) in [6.45, 7) is 9.04. The lowest BCUT2D eigenvalue weighted by Gasteiger charge is -2.38. The molecule has 1 aliphatic carbocycles. The Bertz CT molecular complexity index is 207. The summed E-state index contributed by atoms with van der Waals surface area (Å²) in [5, 5.41) is 3.76. The van der Waals surface area contributed by atoms with Gasteiger partial charge in [-0.25, -0.2) is 0 Å². The van der Waals surface area contributed by atoms with Crippen LogP contribution < -0.4 is 5.32 Å². The third kappa shape index (κ3) is 3.21. The summed E-state index contributed by atoms with van der Waals surface area (Å²) in [5.74, 6) is 0.922. The number of nitrogens with one attached hydrogen (secondary N) is 1. The van der Waals surface area contributed by atoms with Crippen molar-refractivity contribution in [3.63, 3.8) is 0 Å². The Balaban J connectivity index is 1.72. The van der Waals surface area contributed by atoms with Crippen LogP contribution in [0.4, 0.5) is 0 Å². The maximum Gasteiger partial charge on any atom is 0.0620 e. The van der Waals surface area contributed by atoms with Crippen molar-refractivity contribution in [3.8, 4) is 0 Å². The van der Waals surface area contributed by atoms with E-state index in [-0.39, 0.29) is 0 Å². The van der Waals surface area contributed by atoms with Crippen LogP contribution in [0.1, 0.15) is 52.9 Å².